The summed E-state index contributed by atoms with van der Waals surface area (Å²) in [5.41, 5.74) is 4.30. The average molecular weight is 437 g/mol. The highest BCUT2D eigenvalue weighted by Gasteiger charge is 2.10. The number of hydrogen-bond acceptors (Lipinski definition) is 5. The van der Waals surface area contributed by atoms with Crippen molar-refractivity contribution in [2.24, 2.45) is 0 Å². The molecule has 0 unspecified atom stereocenters. The van der Waals surface area contributed by atoms with Crippen molar-refractivity contribution in [1.82, 2.24) is 0 Å². The van der Waals surface area contributed by atoms with Gasteiger partial charge in [0.1, 0.15) is 12.6 Å². The first-order valence-corrected chi connectivity index (χ1v) is 10.7. The fourth-order valence-electron chi connectivity index (χ4n) is 1.47. The van der Waals surface area contributed by atoms with Crippen molar-refractivity contribution < 1.29 is 27.9 Å². The Morgan fingerprint density at radius 3 is 1.73 bits per heavy atom. The normalized spacial score (nSPS) is 8.97. The van der Waals surface area contributed by atoms with Crippen LogP contribution in [0.3, 0.4) is 0 Å². The first kappa shape index (κ1) is 31.8. The summed E-state index contributed by atoms with van der Waals surface area (Å²) < 4.78 is 26.3. The van der Waals surface area contributed by atoms with Gasteiger partial charge in [0, 0.05) is 6.42 Å². The maximum absolute atomic E-state index is 11.0. The van der Waals surface area contributed by atoms with Gasteiger partial charge in [0.2, 0.25) is 0 Å². The Balaban J connectivity index is -0.000000354. The lowest BCUT2D eigenvalue weighted by Gasteiger charge is -1.98. The van der Waals surface area contributed by atoms with Crippen LogP contribution in [0.5, 0.6) is 0 Å². The van der Waals surface area contributed by atoms with E-state index < -0.39 is 10.1 Å². The number of benzene rings is 2. The number of quaternary nitrogens is 1. The molecule has 0 fully saturated rings. The van der Waals surface area contributed by atoms with Gasteiger partial charge in [0.05, 0.1) is 19.1 Å². The highest BCUT2D eigenvalue weighted by atomic mass is 32.2. The van der Waals surface area contributed by atoms with Gasteiger partial charge in [0.25, 0.3) is 10.1 Å². The second-order valence-electron chi connectivity index (χ2n) is 4.53. The lowest BCUT2D eigenvalue weighted by molar-refractivity contribution is -0.325. The maximum Gasteiger partial charge on any atom is 0.296 e. The summed E-state index contributed by atoms with van der Waals surface area (Å²) in [6.45, 7) is 7.32. The largest absolute Gasteiger partial charge is 0.360 e. The van der Waals surface area contributed by atoms with Gasteiger partial charge < -0.3 is 10.5 Å². The van der Waals surface area contributed by atoms with Crippen LogP contribution in [0.15, 0.2) is 84.3 Å². The van der Waals surface area contributed by atoms with Crippen LogP contribution in [-0.2, 0) is 23.9 Å². The number of allylic oxidation sites excluding steroid dienone is 2. The smallest absolute Gasteiger partial charge is 0.296 e. The van der Waals surface area contributed by atoms with E-state index in [1.54, 1.807) is 37.4 Å². The molecule has 3 N–H and O–H groups in total. The summed E-state index contributed by atoms with van der Waals surface area (Å²) in [6.07, 6.45) is 6.87. The highest BCUT2D eigenvalue weighted by Crippen LogP contribution is 2.09. The van der Waals surface area contributed by atoms with Gasteiger partial charge in [-0.25, -0.2) is 0 Å². The van der Waals surface area contributed by atoms with Crippen molar-refractivity contribution in [3.8, 4) is 0 Å². The Hall–Kier alpha value is -2.87. The van der Waals surface area contributed by atoms with Crippen molar-refractivity contribution in [3.63, 3.8) is 0 Å². The fraction of sp³-hybridized carbons (Fsp3) is 0.217. The van der Waals surface area contributed by atoms with Crippen LogP contribution in [-0.4, -0.2) is 35.1 Å². The predicted molar refractivity (Wildman–Crippen MR) is 123 cm³/mol. The van der Waals surface area contributed by atoms with Crippen LogP contribution in [0.25, 0.3) is 6.08 Å². The number of carbonyl (C=O) groups is 2. The van der Waals surface area contributed by atoms with Crippen molar-refractivity contribution in [1.29, 1.82) is 0 Å². The standard InChI is InChI=1S/C9H8O.C7H8O3S.C4H6O.C2H6.CH5N/c10-8-4-7-9-5-2-1-3-6-9;1-10-11(8,9)7-5-3-2-4-6-7;1-2-3-4-5;2*1-2/h1-8H;2-6H,1H3;2,4H,1,3H2;1-2H3;2H2,1H3/p+1/b7-4+;;;;. The first-order valence-electron chi connectivity index (χ1n) is 9.29. The molecule has 0 atom stereocenters. The third-order valence-electron chi connectivity index (χ3n) is 2.68. The van der Waals surface area contributed by atoms with Gasteiger partial charge in [-0.05, 0) is 23.8 Å². The second-order valence-corrected chi connectivity index (χ2v) is 6.24. The summed E-state index contributed by atoms with van der Waals surface area (Å²) in [4.78, 5) is 19.4. The van der Waals surface area contributed by atoms with Crippen molar-refractivity contribution in [2.75, 3.05) is 14.2 Å². The average Bonchev–Trinajstić information content (AvgIpc) is 2.83. The van der Waals surface area contributed by atoms with Crippen molar-refractivity contribution in [3.05, 3.63) is 85.0 Å². The molecule has 0 aliphatic rings. The Morgan fingerprint density at radius 1 is 0.933 bits per heavy atom. The van der Waals surface area contributed by atoms with Crippen LogP contribution < -0.4 is 5.73 Å². The molecular formula is C23H34NO5S+. The zero-order valence-electron chi connectivity index (χ0n) is 18.2. The van der Waals surface area contributed by atoms with Crippen molar-refractivity contribution >= 4 is 28.8 Å². The lowest BCUT2D eigenvalue weighted by Crippen LogP contribution is -2.40. The highest BCUT2D eigenvalue weighted by molar-refractivity contribution is 7.86. The first-order chi connectivity index (χ1) is 14.5. The summed E-state index contributed by atoms with van der Waals surface area (Å²) in [6, 6.07) is 17.7. The number of carbonyl (C=O) groups excluding carboxylic acids is 2. The Labute approximate surface area is 181 Å². The lowest BCUT2D eigenvalue weighted by atomic mass is 10.2. The van der Waals surface area contributed by atoms with Gasteiger partial charge >= 0.3 is 0 Å². The predicted octanol–water partition coefficient (Wildman–Crippen LogP) is 3.57. The monoisotopic (exact) mass is 436 g/mol. The third kappa shape index (κ3) is 18.5. The molecule has 0 spiro atoms. The molecule has 2 aromatic rings. The zero-order chi connectivity index (χ0) is 23.7. The quantitative estimate of drug-likeness (QED) is 0.323. The van der Waals surface area contributed by atoms with E-state index in [0.29, 0.717) is 6.42 Å². The molecule has 0 heterocycles. The minimum Gasteiger partial charge on any atom is -0.360 e. The second kappa shape index (κ2) is 24.2. The van der Waals surface area contributed by atoms with E-state index in [4.69, 9.17) is 0 Å². The van der Waals surface area contributed by atoms with Crippen LogP contribution in [0.4, 0.5) is 0 Å². The maximum atomic E-state index is 11.0. The van der Waals surface area contributed by atoms with Crippen molar-refractivity contribution in [2.45, 2.75) is 25.2 Å². The number of aldehydes is 2. The molecule has 6 nitrogen and oxygen atoms in total. The van der Waals surface area contributed by atoms with E-state index in [1.807, 2.05) is 44.2 Å². The van der Waals surface area contributed by atoms with Crippen LogP contribution in [0, 0.1) is 0 Å². The Bertz CT molecular complexity index is 768. The van der Waals surface area contributed by atoms with Gasteiger partial charge in [-0.2, -0.15) is 8.42 Å². The topological polar surface area (TPSA) is 105 Å². The van der Waals surface area contributed by atoms with E-state index in [-0.39, 0.29) is 4.90 Å². The van der Waals surface area contributed by atoms with E-state index >= 15 is 0 Å². The molecule has 0 aliphatic heterocycles. The minimum atomic E-state index is -3.50. The molecule has 0 radical (unpaired) electrons. The molecule has 0 aliphatic carbocycles. The Morgan fingerprint density at radius 2 is 1.40 bits per heavy atom. The van der Waals surface area contributed by atoms with E-state index in [0.717, 1.165) is 25.2 Å². The molecule has 0 saturated heterocycles. The number of rotatable bonds is 6. The molecule has 0 aromatic heterocycles. The number of hydrogen-bond donors (Lipinski definition) is 1. The zero-order valence-corrected chi connectivity index (χ0v) is 19.0. The van der Waals surface area contributed by atoms with Gasteiger partial charge in [-0.15, -0.1) is 6.58 Å². The summed E-state index contributed by atoms with van der Waals surface area (Å²) in [7, 11) is -0.607. The van der Waals surface area contributed by atoms with Crippen LogP contribution in [0.1, 0.15) is 25.8 Å². The summed E-state index contributed by atoms with van der Waals surface area (Å²) >= 11 is 0. The molecule has 2 rings (SSSR count). The summed E-state index contributed by atoms with van der Waals surface area (Å²) in [5, 5.41) is 0. The fourth-order valence-corrected chi connectivity index (χ4v) is 2.15. The molecular weight excluding hydrogens is 402 g/mol. The molecule has 0 saturated carbocycles. The molecule has 0 amide bonds. The van der Waals surface area contributed by atoms with Gasteiger partial charge in [-0.3, -0.25) is 8.98 Å². The van der Waals surface area contributed by atoms with E-state index in [1.165, 1.54) is 18.2 Å². The molecule has 30 heavy (non-hydrogen) atoms. The van der Waals surface area contributed by atoms with Crippen LogP contribution in [0.2, 0.25) is 0 Å². The Kier molecular flexibility index (Phi) is 25.6. The van der Waals surface area contributed by atoms with Crippen LogP contribution >= 0.6 is 0 Å². The third-order valence-corrected chi connectivity index (χ3v) is 3.97. The molecule has 0 bridgehead atoms. The minimum absolute atomic E-state index is 0.183. The van der Waals surface area contributed by atoms with Gasteiger partial charge in [0.15, 0.2) is 0 Å². The summed E-state index contributed by atoms with van der Waals surface area (Å²) in [5.74, 6) is 0. The van der Waals surface area contributed by atoms with E-state index in [2.05, 4.69) is 16.5 Å². The van der Waals surface area contributed by atoms with E-state index in [9.17, 15) is 18.0 Å². The SMILES string of the molecule is C=CCC=O.CC.COS(=O)(=O)c1ccccc1.C[NH3+].O=C/C=C/c1ccccc1. The van der Waals surface area contributed by atoms with Gasteiger partial charge in [-0.1, -0.05) is 74.5 Å². The molecule has 7 heteroatoms. The molecule has 166 valence electrons. The molecule has 2 aromatic carbocycles.